The average Bonchev–Trinajstić information content (AvgIpc) is 3.55. The van der Waals surface area contributed by atoms with E-state index in [1.807, 2.05) is 13.0 Å². The van der Waals surface area contributed by atoms with Gasteiger partial charge in [0.2, 0.25) is 5.91 Å². The minimum atomic E-state index is -1.04. The fourth-order valence-electron chi connectivity index (χ4n) is 5.05. The molecule has 8 nitrogen and oxygen atoms in total. The number of nitrogens with one attached hydrogen (secondary N) is 1. The predicted molar refractivity (Wildman–Crippen MR) is 132 cm³/mol. The zero-order chi connectivity index (χ0) is 26.0. The van der Waals surface area contributed by atoms with Crippen LogP contribution in [-0.4, -0.2) is 59.0 Å². The van der Waals surface area contributed by atoms with Gasteiger partial charge >= 0.3 is 0 Å². The fraction of sp³-hybridized carbons (Fsp3) is 0.321. The molecule has 0 radical (unpaired) electrons. The highest BCUT2D eigenvalue weighted by Gasteiger charge is 2.54. The average molecular weight is 506 g/mol. The summed E-state index contributed by atoms with van der Waals surface area (Å²) in [6.45, 7) is 2.73. The van der Waals surface area contributed by atoms with Crippen LogP contribution in [0.1, 0.15) is 44.9 Å². The molecule has 5 rings (SSSR count). The summed E-state index contributed by atoms with van der Waals surface area (Å²) in [6.07, 6.45) is 2.18. The molecule has 0 bridgehead atoms. The van der Waals surface area contributed by atoms with Gasteiger partial charge in [0.15, 0.2) is 0 Å². The molecule has 0 unspecified atom stereocenters. The number of rotatable bonds is 5. The van der Waals surface area contributed by atoms with E-state index in [2.05, 4.69) is 5.32 Å². The minimum Gasteiger partial charge on any atom is -0.467 e. The minimum absolute atomic E-state index is 0.0411. The molecule has 0 aliphatic carbocycles. The topological polar surface area (TPSA) is 92.1 Å². The molecule has 2 aliphatic heterocycles. The first-order valence-corrected chi connectivity index (χ1v) is 12.3. The van der Waals surface area contributed by atoms with Crippen LogP contribution < -0.4 is 5.32 Å². The maximum atomic E-state index is 13.8. The number of likely N-dealkylation sites (tertiary alicyclic amines) is 1. The Morgan fingerprint density at radius 1 is 1.00 bits per heavy atom. The molecule has 3 aromatic rings. The van der Waals surface area contributed by atoms with E-state index in [1.165, 1.54) is 24.5 Å². The Bertz CT molecular complexity index is 1300. The van der Waals surface area contributed by atoms with Crippen molar-refractivity contribution in [1.29, 1.82) is 0 Å². The van der Waals surface area contributed by atoms with E-state index in [1.54, 1.807) is 46.2 Å². The Kier molecular flexibility index (Phi) is 6.80. The van der Waals surface area contributed by atoms with Gasteiger partial charge < -0.3 is 19.4 Å². The van der Waals surface area contributed by atoms with E-state index >= 15 is 0 Å². The van der Waals surface area contributed by atoms with Crippen LogP contribution in [0.4, 0.5) is 4.39 Å². The number of hydrogen-bond donors (Lipinski definition) is 1. The molecule has 2 saturated heterocycles. The second-order valence-electron chi connectivity index (χ2n) is 9.42. The van der Waals surface area contributed by atoms with E-state index in [4.69, 9.17) is 9.15 Å². The van der Waals surface area contributed by atoms with Crippen LogP contribution in [0.25, 0.3) is 0 Å². The summed E-state index contributed by atoms with van der Waals surface area (Å²) in [5.74, 6) is -0.798. The molecule has 1 atom stereocenters. The molecular weight excluding hydrogens is 477 g/mol. The van der Waals surface area contributed by atoms with Gasteiger partial charge in [-0.25, -0.2) is 4.39 Å². The number of piperidine rings is 1. The quantitative estimate of drug-likeness (QED) is 0.573. The first kappa shape index (κ1) is 24.7. The predicted octanol–water partition coefficient (Wildman–Crippen LogP) is 3.52. The van der Waals surface area contributed by atoms with E-state index in [0.717, 1.165) is 5.56 Å². The van der Waals surface area contributed by atoms with E-state index in [-0.39, 0.29) is 36.4 Å². The van der Waals surface area contributed by atoms with Gasteiger partial charge in [0.25, 0.3) is 11.8 Å². The zero-order valence-electron chi connectivity index (χ0n) is 20.5. The monoisotopic (exact) mass is 505 g/mol. The molecule has 2 aliphatic rings. The van der Waals surface area contributed by atoms with E-state index in [9.17, 15) is 18.8 Å². The zero-order valence-corrected chi connectivity index (χ0v) is 20.5. The van der Waals surface area contributed by atoms with Gasteiger partial charge in [0.05, 0.1) is 19.4 Å². The lowest BCUT2D eigenvalue weighted by Crippen LogP contribution is -2.59. The van der Waals surface area contributed by atoms with Gasteiger partial charge in [-0.1, -0.05) is 23.8 Å². The van der Waals surface area contributed by atoms with Crippen LogP contribution in [0.15, 0.2) is 71.3 Å². The number of hydrogen-bond acceptors (Lipinski definition) is 5. The smallest absolute Gasteiger partial charge is 0.256 e. The lowest BCUT2D eigenvalue weighted by atomic mass is 9.95. The maximum Gasteiger partial charge on any atom is 0.256 e. The summed E-state index contributed by atoms with van der Waals surface area (Å²) in [6, 6.07) is 15.5. The molecule has 3 amide bonds. The number of benzene rings is 2. The van der Waals surface area contributed by atoms with Gasteiger partial charge in [0, 0.05) is 37.1 Å². The number of amides is 3. The summed E-state index contributed by atoms with van der Waals surface area (Å²) < 4.78 is 25.2. The number of halogens is 1. The number of carbonyl (C=O) groups is 3. The third-order valence-corrected chi connectivity index (χ3v) is 6.97. The number of aryl methyl sites for hydroxylation is 1. The van der Waals surface area contributed by atoms with Crippen molar-refractivity contribution < 1.29 is 27.9 Å². The second kappa shape index (κ2) is 10.2. The SMILES string of the molecule is Cc1cccc(C(=O)N2[C@@H](C(=O)NCc3ccco3)COC23CCN(C(=O)c2cccc(F)c2)CC3)c1. The van der Waals surface area contributed by atoms with Crippen molar-refractivity contribution in [2.45, 2.75) is 38.1 Å². The number of carbonyl (C=O) groups excluding carboxylic acids is 3. The van der Waals surface area contributed by atoms with Crippen molar-refractivity contribution in [1.82, 2.24) is 15.1 Å². The molecule has 0 saturated carbocycles. The van der Waals surface area contributed by atoms with Gasteiger partial charge in [-0.2, -0.15) is 0 Å². The third-order valence-electron chi connectivity index (χ3n) is 6.97. The highest BCUT2D eigenvalue weighted by atomic mass is 19.1. The normalized spacial score (nSPS) is 18.7. The van der Waals surface area contributed by atoms with Gasteiger partial charge in [-0.05, 0) is 49.4 Å². The summed E-state index contributed by atoms with van der Waals surface area (Å²) >= 11 is 0. The maximum absolute atomic E-state index is 13.8. The number of ether oxygens (including phenoxy) is 1. The lowest BCUT2D eigenvalue weighted by Gasteiger charge is -2.44. The molecule has 2 fully saturated rings. The molecule has 37 heavy (non-hydrogen) atoms. The molecule has 9 heteroatoms. The van der Waals surface area contributed by atoms with Crippen molar-refractivity contribution in [3.63, 3.8) is 0 Å². The molecule has 1 spiro atoms. The van der Waals surface area contributed by atoms with Gasteiger partial charge in [0.1, 0.15) is 23.3 Å². The van der Waals surface area contributed by atoms with Crippen molar-refractivity contribution in [2.24, 2.45) is 0 Å². The fourth-order valence-corrected chi connectivity index (χ4v) is 5.05. The molecule has 192 valence electrons. The van der Waals surface area contributed by atoms with Crippen LogP contribution in [0.3, 0.4) is 0 Å². The highest BCUT2D eigenvalue weighted by Crippen LogP contribution is 2.39. The van der Waals surface area contributed by atoms with Gasteiger partial charge in [-0.3, -0.25) is 19.3 Å². The second-order valence-corrected chi connectivity index (χ2v) is 9.42. The van der Waals surface area contributed by atoms with Gasteiger partial charge in [-0.15, -0.1) is 0 Å². The standard InChI is InChI=1S/C28H28FN3O5/c1-19-5-2-6-20(15-19)27(35)32-24(25(33)30-17-23-9-4-14-36-23)18-37-28(32)10-12-31(13-11-28)26(34)21-7-3-8-22(29)16-21/h2-9,14-16,24H,10-13,17-18H2,1H3,(H,30,33)/t24-/m1/s1. The lowest BCUT2D eigenvalue weighted by molar-refractivity contribution is -0.128. The van der Waals surface area contributed by atoms with Crippen LogP contribution >= 0.6 is 0 Å². The summed E-state index contributed by atoms with van der Waals surface area (Å²) in [4.78, 5) is 43.2. The van der Waals surface area contributed by atoms with E-state index < -0.39 is 17.6 Å². The van der Waals surface area contributed by atoms with Crippen molar-refractivity contribution in [2.75, 3.05) is 19.7 Å². The van der Waals surface area contributed by atoms with E-state index in [0.29, 0.717) is 37.3 Å². The number of furan rings is 1. The first-order chi connectivity index (χ1) is 17.9. The highest BCUT2D eigenvalue weighted by molar-refractivity contribution is 5.99. The number of nitrogens with zero attached hydrogens (tertiary/aromatic N) is 2. The largest absolute Gasteiger partial charge is 0.467 e. The molecule has 2 aromatic carbocycles. The van der Waals surface area contributed by atoms with Crippen LogP contribution in [0, 0.1) is 12.7 Å². The van der Waals surface area contributed by atoms with Crippen molar-refractivity contribution in [3.8, 4) is 0 Å². The molecular formula is C28H28FN3O5. The molecule has 3 heterocycles. The summed E-state index contributed by atoms with van der Waals surface area (Å²) in [5, 5.41) is 2.84. The Hall–Kier alpha value is -3.98. The Labute approximate surface area is 214 Å². The summed E-state index contributed by atoms with van der Waals surface area (Å²) in [7, 11) is 0. The summed E-state index contributed by atoms with van der Waals surface area (Å²) in [5.41, 5.74) is 0.624. The van der Waals surface area contributed by atoms with Crippen molar-refractivity contribution in [3.05, 3.63) is 95.2 Å². The third kappa shape index (κ3) is 4.99. The Balaban J connectivity index is 1.37. The van der Waals surface area contributed by atoms with Crippen LogP contribution in [0.2, 0.25) is 0 Å². The first-order valence-electron chi connectivity index (χ1n) is 12.3. The molecule has 1 aromatic heterocycles. The Morgan fingerprint density at radius 2 is 1.73 bits per heavy atom. The Morgan fingerprint density at radius 3 is 2.41 bits per heavy atom. The van der Waals surface area contributed by atoms with Crippen LogP contribution in [0.5, 0.6) is 0 Å². The molecule has 1 N–H and O–H groups in total. The van der Waals surface area contributed by atoms with Crippen molar-refractivity contribution >= 4 is 17.7 Å². The van der Waals surface area contributed by atoms with Crippen LogP contribution in [-0.2, 0) is 16.1 Å².